The van der Waals surface area contributed by atoms with Gasteiger partial charge in [-0.15, -0.1) is 0 Å². The van der Waals surface area contributed by atoms with Gasteiger partial charge in [0.15, 0.2) is 0 Å². The van der Waals surface area contributed by atoms with E-state index in [1.807, 2.05) is 0 Å². The van der Waals surface area contributed by atoms with Gasteiger partial charge < -0.3 is 15.4 Å². The quantitative estimate of drug-likeness (QED) is 0.861. The second-order valence-corrected chi connectivity index (χ2v) is 4.44. The zero-order chi connectivity index (χ0) is 15.1. The van der Waals surface area contributed by atoms with Crippen LogP contribution in [0.15, 0.2) is 18.2 Å². The number of nitrogens with zero attached hydrogens (tertiary/aromatic N) is 1. The first-order chi connectivity index (χ1) is 9.47. The van der Waals surface area contributed by atoms with Crippen LogP contribution in [0.1, 0.15) is 20.3 Å². The second-order valence-electron chi connectivity index (χ2n) is 4.44. The molecular formula is C14H17N3O3. The molecule has 106 valence electrons. The monoisotopic (exact) mass is 275 g/mol. The summed E-state index contributed by atoms with van der Waals surface area (Å²) in [6.45, 7) is 3.53. The first-order valence-corrected chi connectivity index (χ1v) is 6.13. The predicted molar refractivity (Wildman–Crippen MR) is 75.3 cm³/mol. The number of hydrogen-bond acceptors (Lipinski definition) is 4. The van der Waals surface area contributed by atoms with Crippen molar-refractivity contribution >= 4 is 23.2 Å². The minimum Gasteiger partial charge on any atom is -0.497 e. The van der Waals surface area contributed by atoms with Crippen LogP contribution in [0.4, 0.5) is 11.4 Å². The second kappa shape index (κ2) is 7.14. The zero-order valence-electron chi connectivity index (χ0n) is 11.7. The van der Waals surface area contributed by atoms with Crippen LogP contribution < -0.4 is 15.4 Å². The molecule has 0 fully saturated rings. The SMILES string of the molecule is COc1ccc(NC(=O)CC#N)c(NC(=O)C(C)C)c1. The Morgan fingerprint density at radius 1 is 1.30 bits per heavy atom. The molecule has 6 heteroatoms. The molecule has 0 bridgehead atoms. The van der Waals surface area contributed by atoms with E-state index in [1.54, 1.807) is 38.1 Å². The van der Waals surface area contributed by atoms with Crippen molar-refractivity contribution in [2.45, 2.75) is 20.3 Å². The number of carbonyl (C=O) groups excluding carboxylic acids is 2. The Kier molecular flexibility index (Phi) is 5.54. The lowest BCUT2D eigenvalue weighted by Crippen LogP contribution is -2.20. The molecule has 2 N–H and O–H groups in total. The molecule has 0 aliphatic heterocycles. The molecule has 1 aromatic carbocycles. The molecule has 0 saturated heterocycles. The average Bonchev–Trinajstić information content (AvgIpc) is 2.40. The van der Waals surface area contributed by atoms with Crippen LogP contribution in [0, 0.1) is 17.2 Å². The van der Waals surface area contributed by atoms with Gasteiger partial charge in [-0.1, -0.05) is 13.8 Å². The third kappa shape index (κ3) is 4.28. The van der Waals surface area contributed by atoms with E-state index in [0.29, 0.717) is 17.1 Å². The lowest BCUT2D eigenvalue weighted by Gasteiger charge is -2.14. The number of methoxy groups -OCH3 is 1. The van der Waals surface area contributed by atoms with E-state index >= 15 is 0 Å². The molecule has 0 unspecified atom stereocenters. The standard InChI is InChI=1S/C14H17N3O3/c1-9(2)14(19)17-12-8-10(20-3)4-5-11(12)16-13(18)6-7-15/h4-5,8-9H,6H2,1-3H3,(H,16,18)(H,17,19). The molecule has 0 aliphatic rings. The summed E-state index contributed by atoms with van der Waals surface area (Å²) in [5, 5.41) is 13.8. The van der Waals surface area contributed by atoms with Gasteiger partial charge in [0.2, 0.25) is 11.8 Å². The summed E-state index contributed by atoms with van der Waals surface area (Å²) in [5.41, 5.74) is 0.870. The Hall–Kier alpha value is -2.55. The number of nitriles is 1. The number of nitrogens with one attached hydrogen (secondary N) is 2. The first-order valence-electron chi connectivity index (χ1n) is 6.13. The fraction of sp³-hybridized carbons (Fsp3) is 0.357. The van der Waals surface area contributed by atoms with Gasteiger partial charge >= 0.3 is 0 Å². The molecule has 2 amide bonds. The van der Waals surface area contributed by atoms with Gasteiger partial charge in [0.25, 0.3) is 0 Å². The third-order valence-electron chi connectivity index (χ3n) is 2.52. The lowest BCUT2D eigenvalue weighted by molar-refractivity contribution is -0.119. The maximum atomic E-state index is 11.8. The van der Waals surface area contributed by atoms with E-state index in [-0.39, 0.29) is 18.2 Å². The van der Waals surface area contributed by atoms with Crippen molar-refractivity contribution in [2.75, 3.05) is 17.7 Å². The molecule has 0 radical (unpaired) electrons. The lowest BCUT2D eigenvalue weighted by atomic mass is 10.2. The number of rotatable bonds is 5. The molecule has 1 rings (SSSR count). The number of anilines is 2. The van der Waals surface area contributed by atoms with E-state index in [4.69, 9.17) is 10.00 Å². The summed E-state index contributed by atoms with van der Waals surface area (Å²) in [6, 6.07) is 6.65. The van der Waals surface area contributed by atoms with Crippen LogP contribution in [0.2, 0.25) is 0 Å². The third-order valence-corrected chi connectivity index (χ3v) is 2.52. The molecule has 20 heavy (non-hydrogen) atoms. The molecule has 0 spiro atoms. The summed E-state index contributed by atoms with van der Waals surface area (Å²) in [7, 11) is 1.51. The van der Waals surface area contributed by atoms with Gasteiger partial charge in [-0.25, -0.2) is 0 Å². The van der Waals surface area contributed by atoms with Crippen molar-refractivity contribution in [3.05, 3.63) is 18.2 Å². The summed E-state index contributed by atoms with van der Waals surface area (Å²) < 4.78 is 5.09. The molecule has 6 nitrogen and oxygen atoms in total. The normalized spacial score (nSPS) is 9.75. The maximum absolute atomic E-state index is 11.8. The Morgan fingerprint density at radius 2 is 2.00 bits per heavy atom. The van der Waals surface area contributed by atoms with Crippen molar-refractivity contribution in [1.29, 1.82) is 5.26 Å². The van der Waals surface area contributed by atoms with Crippen molar-refractivity contribution in [2.24, 2.45) is 5.92 Å². The Labute approximate surface area is 117 Å². The number of amides is 2. The van der Waals surface area contributed by atoms with Gasteiger partial charge in [-0.3, -0.25) is 9.59 Å². The van der Waals surface area contributed by atoms with Crippen LogP contribution in [0.25, 0.3) is 0 Å². The molecule has 0 saturated carbocycles. The highest BCUT2D eigenvalue weighted by Crippen LogP contribution is 2.27. The molecular weight excluding hydrogens is 258 g/mol. The highest BCUT2D eigenvalue weighted by Gasteiger charge is 2.13. The Morgan fingerprint density at radius 3 is 2.55 bits per heavy atom. The van der Waals surface area contributed by atoms with Gasteiger partial charge in [-0.05, 0) is 12.1 Å². The number of hydrogen-bond donors (Lipinski definition) is 2. The predicted octanol–water partition coefficient (Wildman–Crippen LogP) is 2.14. The number of benzene rings is 1. The zero-order valence-corrected chi connectivity index (χ0v) is 11.7. The van der Waals surface area contributed by atoms with Crippen LogP contribution in [0.3, 0.4) is 0 Å². The van der Waals surface area contributed by atoms with Crippen molar-refractivity contribution in [1.82, 2.24) is 0 Å². The first kappa shape index (κ1) is 15.5. The minimum absolute atomic E-state index is 0.172. The highest BCUT2D eigenvalue weighted by molar-refractivity contribution is 6.00. The van der Waals surface area contributed by atoms with Gasteiger partial charge in [-0.2, -0.15) is 5.26 Å². The van der Waals surface area contributed by atoms with Gasteiger partial charge in [0, 0.05) is 12.0 Å². The fourth-order valence-corrected chi connectivity index (χ4v) is 1.41. The summed E-state index contributed by atoms with van der Waals surface area (Å²) in [4.78, 5) is 23.2. The largest absolute Gasteiger partial charge is 0.497 e. The molecule has 0 aromatic heterocycles. The summed E-state index contributed by atoms with van der Waals surface area (Å²) >= 11 is 0. The maximum Gasteiger partial charge on any atom is 0.238 e. The molecule has 0 heterocycles. The fourth-order valence-electron chi connectivity index (χ4n) is 1.41. The van der Waals surface area contributed by atoms with E-state index < -0.39 is 5.91 Å². The van der Waals surface area contributed by atoms with Crippen molar-refractivity contribution in [3.8, 4) is 11.8 Å². The van der Waals surface area contributed by atoms with Crippen molar-refractivity contribution in [3.63, 3.8) is 0 Å². The van der Waals surface area contributed by atoms with Crippen LogP contribution in [0.5, 0.6) is 5.75 Å². The Balaban J connectivity index is 3.01. The van der Waals surface area contributed by atoms with E-state index in [9.17, 15) is 9.59 Å². The number of ether oxygens (including phenoxy) is 1. The summed E-state index contributed by atoms with van der Waals surface area (Å²) in [5.74, 6) is -0.238. The topological polar surface area (TPSA) is 91.2 Å². The van der Waals surface area contributed by atoms with Crippen LogP contribution in [-0.4, -0.2) is 18.9 Å². The van der Waals surface area contributed by atoms with E-state index in [2.05, 4.69) is 10.6 Å². The minimum atomic E-state index is -0.433. The van der Waals surface area contributed by atoms with Gasteiger partial charge in [0.1, 0.15) is 12.2 Å². The molecule has 1 aromatic rings. The molecule has 0 aliphatic carbocycles. The van der Waals surface area contributed by atoms with E-state index in [0.717, 1.165) is 0 Å². The van der Waals surface area contributed by atoms with Crippen LogP contribution >= 0.6 is 0 Å². The average molecular weight is 275 g/mol. The Bertz CT molecular complexity index is 547. The van der Waals surface area contributed by atoms with Crippen molar-refractivity contribution < 1.29 is 14.3 Å². The number of carbonyl (C=O) groups is 2. The smallest absolute Gasteiger partial charge is 0.238 e. The summed E-state index contributed by atoms with van der Waals surface area (Å²) in [6.07, 6.45) is -0.246. The van der Waals surface area contributed by atoms with Crippen LogP contribution in [-0.2, 0) is 9.59 Å². The molecule has 0 atom stereocenters. The highest BCUT2D eigenvalue weighted by atomic mass is 16.5. The van der Waals surface area contributed by atoms with Gasteiger partial charge in [0.05, 0.1) is 24.6 Å². The van der Waals surface area contributed by atoms with E-state index in [1.165, 1.54) is 7.11 Å².